The summed E-state index contributed by atoms with van der Waals surface area (Å²) in [6.07, 6.45) is 8.12. The number of nitrogens with zero attached hydrogens (tertiary/aromatic N) is 2. The predicted octanol–water partition coefficient (Wildman–Crippen LogP) is 4.26. The van der Waals surface area contributed by atoms with Gasteiger partial charge in [-0.15, -0.1) is 24.0 Å². The lowest BCUT2D eigenvalue weighted by molar-refractivity contribution is 0.414. The number of halogens is 1. The Balaban J connectivity index is 0.00000210. The summed E-state index contributed by atoms with van der Waals surface area (Å²) < 4.78 is 0. The van der Waals surface area contributed by atoms with Crippen LogP contribution in [0.25, 0.3) is 0 Å². The molecule has 1 saturated heterocycles. The second kappa shape index (κ2) is 9.99. The molecule has 1 aromatic carbocycles. The zero-order valence-electron chi connectivity index (χ0n) is 16.6. The highest BCUT2D eigenvalue weighted by molar-refractivity contribution is 14.0. The third kappa shape index (κ3) is 6.00. The standard InChI is InChI=1S/C22H34N4.HI/c1-2-23-22(24-16-21(17-8-9-17)18-10-11-18)25-19-12-14-26(15-13-19)20-6-4-3-5-7-20;/h3-7,17-19,21H,2,8-16H2,1H3,(H2,23,24,25);1H. The van der Waals surface area contributed by atoms with Crippen molar-refractivity contribution in [3.8, 4) is 0 Å². The Morgan fingerprint density at radius 3 is 2.22 bits per heavy atom. The highest BCUT2D eigenvalue weighted by atomic mass is 127. The minimum Gasteiger partial charge on any atom is -0.371 e. The number of hydrogen-bond donors (Lipinski definition) is 2. The lowest BCUT2D eigenvalue weighted by Crippen LogP contribution is -2.49. The minimum atomic E-state index is 0. The minimum absolute atomic E-state index is 0. The first-order valence-corrected chi connectivity index (χ1v) is 10.7. The van der Waals surface area contributed by atoms with Crippen LogP contribution in [0.3, 0.4) is 0 Å². The number of rotatable bonds is 7. The van der Waals surface area contributed by atoms with E-state index in [0.29, 0.717) is 6.04 Å². The van der Waals surface area contributed by atoms with E-state index in [9.17, 15) is 0 Å². The first kappa shape index (κ1) is 20.7. The van der Waals surface area contributed by atoms with E-state index in [2.05, 4.69) is 52.8 Å². The summed E-state index contributed by atoms with van der Waals surface area (Å²) in [5.41, 5.74) is 1.35. The lowest BCUT2D eigenvalue weighted by Gasteiger charge is -2.34. The summed E-state index contributed by atoms with van der Waals surface area (Å²) >= 11 is 0. The van der Waals surface area contributed by atoms with Gasteiger partial charge in [-0.2, -0.15) is 0 Å². The smallest absolute Gasteiger partial charge is 0.191 e. The highest BCUT2D eigenvalue weighted by Gasteiger charge is 2.41. The van der Waals surface area contributed by atoms with Crippen LogP contribution in [-0.2, 0) is 0 Å². The first-order chi connectivity index (χ1) is 12.8. The van der Waals surface area contributed by atoms with Crippen molar-refractivity contribution in [3.05, 3.63) is 30.3 Å². The number of piperidine rings is 1. The SMILES string of the molecule is CCNC(=NCC(C1CC1)C1CC1)NC1CCN(c2ccccc2)CC1.I. The third-order valence-electron chi connectivity index (χ3n) is 6.22. The second-order valence-electron chi connectivity index (χ2n) is 8.30. The summed E-state index contributed by atoms with van der Waals surface area (Å²) in [5, 5.41) is 7.19. The summed E-state index contributed by atoms with van der Waals surface area (Å²) in [6.45, 7) is 6.36. The van der Waals surface area contributed by atoms with Crippen LogP contribution in [0.1, 0.15) is 45.4 Å². The maximum atomic E-state index is 4.99. The van der Waals surface area contributed by atoms with E-state index in [1.54, 1.807) is 0 Å². The Bertz CT molecular complexity index is 578. The summed E-state index contributed by atoms with van der Waals surface area (Å²) in [5.74, 6) is 3.84. The van der Waals surface area contributed by atoms with E-state index in [1.807, 2.05) is 0 Å². The van der Waals surface area contributed by atoms with Crippen molar-refractivity contribution in [3.63, 3.8) is 0 Å². The van der Waals surface area contributed by atoms with Gasteiger partial charge in [0, 0.05) is 37.9 Å². The zero-order chi connectivity index (χ0) is 17.8. The zero-order valence-corrected chi connectivity index (χ0v) is 18.9. The molecule has 0 aromatic heterocycles. The average molecular weight is 482 g/mol. The van der Waals surface area contributed by atoms with Gasteiger partial charge in [-0.3, -0.25) is 4.99 Å². The van der Waals surface area contributed by atoms with Crippen LogP contribution in [0.15, 0.2) is 35.3 Å². The van der Waals surface area contributed by atoms with Crippen LogP contribution >= 0.6 is 24.0 Å². The molecule has 2 N–H and O–H groups in total. The Morgan fingerprint density at radius 2 is 1.67 bits per heavy atom. The van der Waals surface area contributed by atoms with Crippen molar-refractivity contribution in [1.29, 1.82) is 0 Å². The van der Waals surface area contributed by atoms with Gasteiger partial charge in [0.25, 0.3) is 0 Å². The Hall–Kier alpha value is -0.980. The van der Waals surface area contributed by atoms with E-state index < -0.39 is 0 Å². The molecule has 2 saturated carbocycles. The van der Waals surface area contributed by atoms with Gasteiger partial charge in [0.15, 0.2) is 5.96 Å². The molecule has 27 heavy (non-hydrogen) atoms. The fourth-order valence-electron chi connectivity index (χ4n) is 4.36. The van der Waals surface area contributed by atoms with Crippen LogP contribution < -0.4 is 15.5 Å². The molecule has 0 amide bonds. The molecule has 1 aliphatic heterocycles. The topological polar surface area (TPSA) is 39.7 Å². The molecule has 0 spiro atoms. The molecule has 0 bridgehead atoms. The molecule has 4 nitrogen and oxygen atoms in total. The number of benzene rings is 1. The number of para-hydroxylation sites is 1. The number of aliphatic imine (C=N–C) groups is 1. The Morgan fingerprint density at radius 1 is 1.04 bits per heavy atom. The molecule has 5 heteroatoms. The molecular formula is C22H35IN4. The van der Waals surface area contributed by atoms with Crippen molar-refractivity contribution in [2.45, 2.75) is 51.5 Å². The largest absolute Gasteiger partial charge is 0.371 e. The molecule has 1 heterocycles. The number of hydrogen-bond acceptors (Lipinski definition) is 2. The summed E-state index contributed by atoms with van der Waals surface area (Å²) in [7, 11) is 0. The third-order valence-corrected chi connectivity index (χ3v) is 6.22. The molecule has 1 aromatic rings. The molecule has 3 aliphatic rings. The van der Waals surface area contributed by atoms with Crippen LogP contribution in [0.2, 0.25) is 0 Å². The molecule has 3 fully saturated rings. The van der Waals surface area contributed by atoms with E-state index in [1.165, 1.54) is 44.2 Å². The van der Waals surface area contributed by atoms with E-state index >= 15 is 0 Å². The van der Waals surface area contributed by atoms with Crippen molar-refractivity contribution in [2.75, 3.05) is 31.1 Å². The van der Waals surface area contributed by atoms with Gasteiger partial charge in [0.05, 0.1) is 0 Å². The van der Waals surface area contributed by atoms with Gasteiger partial charge in [0.1, 0.15) is 0 Å². The van der Waals surface area contributed by atoms with Gasteiger partial charge in [0.2, 0.25) is 0 Å². The molecule has 0 radical (unpaired) electrons. The van der Waals surface area contributed by atoms with Gasteiger partial charge in [-0.1, -0.05) is 18.2 Å². The molecule has 2 aliphatic carbocycles. The fourth-order valence-corrected chi connectivity index (χ4v) is 4.36. The highest BCUT2D eigenvalue weighted by Crippen LogP contribution is 2.49. The van der Waals surface area contributed by atoms with Crippen LogP contribution in [0.4, 0.5) is 5.69 Å². The quantitative estimate of drug-likeness (QED) is 0.347. The predicted molar refractivity (Wildman–Crippen MR) is 125 cm³/mol. The van der Waals surface area contributed by atoms with Crippen LogP contribution in [0, 0.1) is 17.8 Å². The summed E-state index contributed by atoms with van der Waals surface area (Å²) in [6, 6.07) is 11.3. The maximum absolute atomic E-state index is 4.99. The van der Waals surface area contributed by atoms with E-state index in [0.717, 1.165) is 49.9 Å². The lowest BCUT2D eigenvalue weighted by atomic mass is 9.98. The molecule has 4 rings (SSSR count). The van der Waals surface area contributed by atoms with Crippen LogP contribution in [-0.4, -0.2) is 38.2 Å². The summed E-state index contributed by atoms with van der Waals surface area (Å²) in [4.78, 5) is 7.49. The van der Waals surface area contributed by atoms with E-state index in [4.69, 9.17) is 4.99 Å². The number of guanidine groups is 1. The van der Waals surface area contributed by atoms with Crippen LogP contribution in [0.5, 0.6) is 0 Å². The van der Waals surface area contributed by atoms with Gasteiger partial charge in [-0.25, -0.2) is 0 Å². The van der Waals surface area contributed by atoms with Crippen molar-refractivity contribution in [1.82, 2.24) is 10.6 Å². The first-order valence-electron chi connectivity index (χ1n) is 10.7. The molecular weight excluding hydrogens is 447 g/mol. The maximum Gasteiger partial charge on any atom is 0.191 e. The second-order valence-corrected chi connectivity index (χ2v) is 8.30. The van der Waals surface area contributed by atoms with E-state index in [-0.39, 0.29) is 24.0 Å². The Labute approximate surface area is 181 Å². The van der Waals surface area contributed by atoms with Gasteiger partial charge in [-0.05, 0) is 75.3 Å². The monoisotopic (exact) mass is 482 g/mol. The normalized spacial score (nSPS) is 21.1. The van der Waals surface area contributed by atoms with Gasteiger partial charge >= 0.3 is 0 Å². The molecule has 0 atom stereocenters. The van der Waals surface area contributed by atoms with Gasteiger partial charge < -0.3 is 15.5 Å². The Kier molecular flexibility index (Phi) is 7.67. The van der Waals surface area contributed by atoms with Crippen molar-refractivity contribution >= 4 is 35.6 Å². The molecule has 0 unspecified atom stereocenters. The fraction of sp³-hybridized carbons (Fsp3) is 0.682. The number of nitrogens with one attached hydrogen (secondary N) is 2. The number of anilines is 1. The average Bonchev–Trinajstić information content (AvgIpc) is 3.57. The van der Waals surface area contributed by atoms with Crippen molar-refractivity contribution in [2.24, 2.45) is 22.7 Å². The molecule has 150 valence electrons. The van der Waals surface area contributed by atoms with Crippen molar-refractivity contribution < 1.29 is 0 Å².